The Hall–Kier alpha value is -2.93. The van der Waals surface area contributed by atoms with Crippen LogP contribution >= 0.6 is 15.9 Å². The summed E-state index contributed by atoms with van der Waals surface area (Å²) in [6.45, 7) is 0.358. The second kappa shape index (κ2) is 7.76. The highest BCUT2D eigenvalue weighted by atomic mass is 79.9. The van der Waals surface area contributed by atoms with Gasteiger partial charge in [0.15, 0.2) is 11.5 Å². The molecule has 1 aromatic heterocycles. The van der Waals surface area contributed by atoms with Gasteiger partial charge in [0, 0.05) is 16.7 Å². The van der Waals surface area contributed by atoms with Crippen LogP contribution in [0.4, 0.5) is 5.69 Å². The molecule has 25 heavy (non-hydrogen) atoms. The van der Waals surface area contributed by atoms with E-state index in [9.17, 15) is 10.1 Å². The van der Waals surface area contributed by atoms with Crippen molar-refractivity contribution in [3.05, 3.63) is 87.0 Å². The number of hydrogen-bond acceptors (Lipinski definition) is 5. The zero-order valence-electron chi connectivity index (χ0n) is 13.0. The van der Waals surface area contributed by atoms with Gasteiger partial charge >= 0.3 is 5.69 Å². The van der Waals surface area contributed by atoms with Gasteiger partial charge in [0.1, 0.15) is 6.61 Å². The Morgan fingerprint density at radius 3 is 2.44 bits per heavy atom. The topological polar surface area (TPSA) is 74.5 Å². The zero-order chi connectivity index (χ0) is 17.6. The van der Waals surface area contributed by atoms with Crippen molar-refractivity contribution in [2.75, 3.05) is 0 Å². The molecule has 2 aromatic carbocycles. The average molecular weight is 401 g/mol. The van der Waals surface area contributed by atoms with Gasteiger partial charge in [-0.2, -0.15) is 0 Å². The summed E-state index contributed by atoms with van der Waals surface area (Å²) < 4.78 is 11.9. The Balaban J connectivity index is 1.83. The molecule has 0 aliphatic carbocycles. The van der Waals surface area contributed by atoms with E-state index in [-0.39, 0.29) is 11.6 Å². The van der Waals surface area contributed by atoms with E-state index in [1.165, 1.54) is 12.3 Å². The Bertz CT molecular complexity index is 887. The normalized spacial score (nSPS) is 10.3. The maximum absolute atomic E-state index is 11.2. The Morgan fingerprint density at radius 1 is 1.04 bits per heavy atom. The van der Waals surface area contributed by atoms with Gasteiger partial charge in [-0.15, -0.1) is 0 Å². The predicted molar refractivity (Wildman–Crippen MR) is 95.9 cm³/mol. The van der Waals surface area contributed by atoms with E-state index in [4.69, 9.17) is 9.47 Å². The lowest BCUT2D eigenvalue weighted by Gasteiger charge is -2.12. The van der Waals surface area contributed by atoms with Crippen LogP contribution in [-0.4, -0.2) is 9.91 Å². The Kier molecular flexibility index (Phi) is 5.25. The lowest BCUT2D eigenvalue weighted by molar-refractivity contribution is -0.386. The van der Waals surface area contributed by atoms with Crippen molar-refractivity contribution in [3.8, 4) is 17.4 Å². The lowest BCUT2D eigenvalue weighted by atomic mass is 10.2. The molecule has 0 unspecified atom stereocenters. The summed E-state index contributed by atoms with van der Waals surface area (Å²) >= 11 is 3.17. The fourth-order valence-electron chi connectivity index (χ4n) is 2.12. The summed E-state index contributed by atoms with van der Waals surface area (Å²) in [5, 5.41) is 11.2. The van der Waals surface area contributed by atoms with Gasteiger partial charge in [-0.05, 0) is 33.6 Å². The molecule has 0 aliphatic heterocycles. The molecule has 126 valence electrons. The minimum Gasteiger partial charge on any atom is -0.485 e. The van der Waals surface area contributed by atoms with Gasteiger partial charge in [-0.3, -0.25) is 10.1 Å². The van der Waals surface area contributed by atoms with E-state index in [0.29, 0.717) is 22.6 Å². The molecule has 0 saturated carbocycles. The maximum atomic E-state index is 11.2. The minimum absolute atomic E-state index is 0.0936. The van der Waals surface area contributed by atoms with Crippen LogP contribution in [0.2, 0.25) is 0 Å². The zero-order valence-corrected chi connectivity index (χ0v) is 14.5. The number of pyridine rings is 1. The number of benzene rings is 2. The molecule has 0 radical (unpaired) electrons. The van der Waals surface area contributed by atoms with Crippen LogP contribution < -0.4 is 9.47 Å². The van der Waals surface area contributed by atoms with Crippen molar-refractivity contribution in [1.82, 2.24) is 4.98 Å². The van der Waals surface area contributed by atoms with Crippen LogP contribution in [0.15, 0.2) is 71.3 Å². The van der Waals surface area contributed by atoms with E-state index in [1.807, 2.05) is 30.3 Å². The van der Waals surface area contributed by atoms with E-state index in [2.05, 4.69) is 20.9 Å². The van der Waals surface area contributed by atoms with Crippen molar-refractivity contribution in [2.24, 2.45) is 0 Å². The second-order valence-corrected chi connectivity index (χ2v) is 5.97. The fourth-order valence-corrected chi connectivity index (χ4v) is 2.44. The molecular weight excluding hydrogens is 388 g/mol. The smallest absolute Gasteiger partial charge is 0.332 e. The number of para-hydroxylation sites is 2. The number of rotatable bonds is 6. The molecule has 0 aliphatic rings. The molecule has 0 fully saturated rings. The van der Waals surface area contributed by atoms with E-state index >= 15 is 0 Å². The largest absolute Gasteiger partial charge is 0.485 e. The van der Waals surface area contributed by atoms with Crippen LogP contribution in [0, 0.1) is 10.1 Å². The first-order chi connectivity index (χ1) is 12.1. The number of hydrogen-bond donors (Lipinski definition) is 0. The Morgan fingerprint density at radius 2 is 1.72 bits per heavy atom. The third kappa shape index (κ3) is 4.33. The van der Waals surface area contributed by atoms with Crippen molar-refractivity contribution in [1.29, 1.82) is 0 Å². The number of aromatic nitrogens is 1. The number of nitrogens with zero attached hydrogens (tertiary/aromatic N) is 2. The van der Waals surface area contributed by atoms with Crippen LogP contribution in [0.1, 0.15) is 5.56 Å². The Labute approximate surface area is 152 Å². The third-order valence-electron chi connectivity index (χ3n) is 3.29. The third-order valence-corrected chi connectivity index (χ3v) is 3.72. The lowest BCUT2D eigenvalue weighted by Crippen LogP contribution is -1.99. The van der Waals surface area contributed by atoms with Crippen molar-refractivity contribution in [2.45, 2.75) is 6.61 Å². The molecule has 7 heteroatoms. The molecule has 0 amide bonds. The standard InChI is InChI=1S/C18H13BrN2O4/c19-14-10-15(21(22)23)18(20-11-14)25-17-9-5-4-8-16(17)24-12-13-6-2-1-3-7-13/h1-11H,12H2. The number of ether oxygens (including phenoxy) is 2. The summed E-state index contributed by atoms with van der Waals surface area (Å²) in [6.07, 6.45) is 1.44. The average Bonchev–Trinajstić information content (AvgIpc) is 2.63. The van der Waals surface area contributed by atoms with Crippen LogP contribution in [0.3, 0.4) is 0 Å². The number of halogens is 1. The summed E-state index contributed by atoms with van der Waals surface area (Å²) in [6, 6.07) is 18.0. The summed E-state index contributed by atoms with van der Waals surface area (Å²) in [5.41, 5.74) is 0.775. The summed E-state index contributed by atoms with van der Waals surface area (Å²) in [4.78, 5) is 14.6. The molecule has 6 nitrogen and oxygen atoms in total. The highest BCUT2D eigenvalue weighted by Crippen LogP contribution is 2.36. The van der Waals surface area contributed by atoms with E-state index in [1.54, 1.807) is 24.3 Å². The van der Waals surface area contributed by atoms with Gasteiger partial charge in [0.2, 0.25) is 0 Å². The minimum atomic E-state index is -0.541. The van der Waals surface area contributed by atoms with Crippen LogP contribution in [0.5, 0.6) is 17.4 Å². The molecule has 0 N–H and O–H groups in total. The monoisotopic (exact) mass is 400 g/mol. The highest BCUT2D eigenvalue weighted by Gasteiger charge is 2.19. The van der Waals surface area contributed by atoms with Crippen molar-refractivity contribution < 1.29 is 14.4 Å². The SMILES string of the molecule is O=[N+]([O-])c1cc(Br)cnc1Oc1ccccc1OCc1ccccc1. The van der Waals surface area contributed by atoms with Gasteiger partial charge in [0.05, 0.1) is 4.92 Å². The molecule has 0 saturated heterocycles. The second-order valence-electron chi connectivity index (χ2n) is 5.06. The van der Waals surface area contributed by atoms with Gasteiger partial charge in [0.25, 0.3) is 5.88 Å². The predicted octanol–water partition coefficient (Wildman–Crippen LogP) is 5.12. The molecular formula is C18H13BrN2O4. The highest BCUT2D eigenvalue weighted by molar-refractivity contribution is 9.10. The first-order valence-corrected chi connectivity index (χ1v) is 8.16. The van der Waals surface area contributed by atoms with Crippen LogP contribution in [0.25, 0.3) is 0 Å². The van der Waals surface area contributed by atoms with Gasteiger partial charge < -0.3 is 9.47 Å². The number of nitro groups is 1. The quantitative estimate of drug-likeness (QED) is 0.423. The van der Waals surface area contributed by atoms with Crippen molar-refractivity contribution >= 4 is 21.6 Å². The van der Waals surface area contributed by atoms with E-state index < -0.39 is 4.92 Å². The summed E-state index contributed by atoms with van der Waals surface area (Å²) in [5.74, 6) is 0.741. The maximum Gasteiger partial charge on any atom is 0.332 e. The first kappa shape index (κ1) is 16.9. The summed E-state index contributed by atoms with van der Waals surface area (Å²) in [7, 11) is 0. The van der Waals surface area contributed by atoms with E-state index in [0.717, 1.165) is 5.56 Å². The first-order valence-electron chi connectivity index (χ1n) is 7.37. The molecule has 0 bridgehead atoms. The molecule has 0 atom stereocenters. The van der Waals surface area contributed by atoms with Gasteiger partial charge in [-0.25, -0.2) is 4.98 Å². The molecule has 0 spiro atoms. The fraction of sp³-hybridized carbons (Fsp3) is 0.0556. The van der Waals surface area contributed by atoms with Gasteiger partial charge in [-0.1, -0.05) is 42.5 Å². The van der Waals surface area contributed by atoms with Crippen molar-refractivity contribution in [3.63, 3.8) is 0 Å². The molecule has 3 aromatic rings. The molecule has 3 rings (SSSR count). The van der Waals surface area contributed by atoms with Crippen LogP contribution in [-0.2, 0) is 6.61 Å². The molecule has 1 heterocycles.